The Balaban J connectivity index is 1.55. The van der Waals surface area contributed by atoms with Crippen LogP contribution < -0.4 is 5.32 Å². The summed E-state index contributed by atoms with van der Waals surface area (Å²) in [6.45, 7) is 7.42. The third-order valence-electron chi connectivity index (χ3n) is 6.71. The summed E-state index contributed by atoms with van der Waals surface area (Å²) in [4.78, 5) is 40.0. The van der Waals surface area contributed by atoms with Crippen LogP contribution in [0.4, 0.5) is 5.00 Å². The van der Waals surface area contributed by atoms with E-state index in [2.05, 4.69) is 5.32 Å². The molecule has 1 aromatic heterocycles. The highest BCUT2D eigenvalue weighted by Gasteiger charge is 2.32. The number of carbonyl (C=O) groups excluding carboxylic acids is 3. The van der Waals surface area contributed by atoms with Gasteiger partial charge in [-0.3, -0.25) is 9.59 Å². The Bertz CT molecular complexity index is 1280. The van der Waals surface area contributed by atoms with Gasteiger partial charge in [0.15, 0.2) is 0 Å². The summed E-state index contributed by atoms with van der Waals surface area (Å²) in [7, 11) is -2.37. The second-order valence-corrected chi connectivity index (χ2v) is 12.7. The Hall–Kier alpha value is -2.76. The number of rotatable bonds is 5. The van der Waals surface area contributed by atoms with Gasteiger partial charge in [0.05, 0.1) is 24.1 Å². The van der Waals surface area contributed by atoms with Crippen molar-refractivity contribution in [1.82, 2.24) is 9.21 Å². The van der Waals surface area contributed by atoms with Crippen LogP contribution in [0.3, 0.4) is 0 Å². The summed E-state index contributed by atoms with van der Waals surface area (Å²) in [5, 5.41) is 3.15. The van der Waals surface area contributed by atoms with E-state index in [1.54, 1.807) is 4.90 Å². The first-order valence-corrected chi connectivity index (χ1v) is 14.2. The van der Waals surface area contributed by atoms with E-state index in [0.29, 0.717) is 43.2 Å². The van der Waals surface area contributed by atoms with E-state index in [4.69, 9.17) is 4.74 Å². The zero-order valence-corrected chi connectivity index (χ0v) is 22.5. The minimum absolute atomic E-state index is 0.0530. The number of ether oxygens (including phenoxy) is 1. The molecule has 0 bridgehead atoms. The molecule has 0 spiro atoms. The lowest BCUT2D eigenvalue weighted by Crippen LogP contribution is -2.42. The van der Waals surface area contributed by atoms with E-state index >= 15 is 0 Å². The summed E-state index contributed by atoms with van der Waals surface area (Å²) in [5.41, 5.74) is 1.36. The Labute approximate surface area is 215 Å². The van der Waals surface area contributed by atoms with Gasteiger partial charge >= 0.3 is 5.97 Å². The van der Waals surface area contributed by atoms with E-state index in [9.17, 15) is 22.8 Å². The SMILES string of the molecule is COC(=O)c1c(NC(=O)c2ccc(S(=O)(=O)N3C[C@H](C)C[C@@H](C)C3)cc2)sc2c1CCN(C(C)=O)C2. The van der Waals surface area contributed by atoms with E-state index in [1.165, 1.54) is 53.9 Å². The molecule has 2 amide bonds. The number of hydrogen-bond acceptors (Lipinski definition) is 7. The number of thiophene rings is 1. The van der Waals surface area contributed by atoms with Crippen LogP contribution in [-0.2, 0) is 32.5 Å². The summed E-state index contributed by atoms with van der Waals surface area (Å²) >= 11 is 1.25. The lowest BCUT2D eigenvalue weighted by atomic mass is 9.94. The molecule has 1 aromatic carbocycles. The van der Waals surface area contributed by atoms with Gasteiger partial charge in [-0.1, -0.05) is 13.8 Å². The maximum Gasteiger partial charge on any atom is 0.341 e. The fourth-order valence-electron chi connectivity index (χ4n) is 4.98. The average molecular weight is 534 g/mol. The number of nitrogens with one attached hydrogen (secondary N) is 1. The minimum Gasteiger partial charge on any atom is -0.465 e. The summed E-state index contributed by atoms with van der Waals surface area (Å²) in [6.07, 6.45) is 1.49. The lowest BCUT2D eigenvalue weighted by Gasteiger charge is -2.34. The van der Waals surface area contributed by atoms with Gasteiger partial charge in [-0.25, -0.2) is 13.2 Å². The van der Waals surface area contributed by atoms with Crippen LogP contribution >= 0.6 is 11.3 Å². The number of sulfonamides is 1. The van der Waals surface area contributed by atoms with Crippen molar-refractivity contribution in [2.24, 2.45) is 11.8 Å². The molecule has 1 N–H and O–H groups in total. The molecule has 2 atom stereocenters. The van der Waals surface area contributed by atoms with E-state index in [0.717, 1.165) is 16.9 Å². The van der Waals surface area contributed by atoms with Crippen LogP contribution in [0.5, 0.6) is 0 Å². The van der Waals surface area contributed by atoms with Crippen molar-refractivity contribution in [3.63, 3.8) is 0 Å². The molecular weight excluding hydrogens is 502 g/mol. The van der Waals surface area contributed by atoms with Crippen molar-refractivity contribution < 1.29 is 27.5 Å². The molecule has 3 heterocycles. The molecule has 2 aliphatic heterocycles. The van der Waals surface area contributed by atoms with Crippen molar-refractivity contribution in [2.45, 2.75) is 45.1 Å². The van der Waals surface area contributed by atoms with Crippen molar-refractivity contribution in [2.75, 3.05) is 32.1 Å². The van der Waals surface area contributed by atoms with Gasteiger partial charge < -0.3 is 15.0 Å². The number of anilines is 1. The van der Waals surface area contributed by atoms with Crippen molar-refractivity contribution in [1.29, 1.82) is 0 Å². The second-order valence-electron chi connectivity index (χ2n) is 9.64. The number of fused-ring (bicyclic) bond motifs is 1. The number of carbonyl (C=O) groups is 3. The van der Waals surface area contributed by atoms with Crippen molar-refractivity contribution in [3.05, 3.63) is 45.8 Å². The highest BCUT2D eigenvalue weighted by molar-refractivity contribution is 7.89. The first-order chi connectivity index (χ1) is 17.0. The quantitative estimate of drug-likeness (QED) is 0.590. The van der Waals surface area contributed by atoms with E-state index in [-0.39, 0.29) is 28.2 Å². The average Bonchev–Trinajstić information content (AvgIpc) is 3.19. The maximum absolute atomic E-state index is 13.1. The normalized spacial score (nSPS) is 20.5. The predicted octanol–water partition coefficient (Wildman–Crippen LogP) is 3.36. The number of hydrogen-bond donors (Lipinski definition) is 1. The molecule has 9 nitrogen and oxygen atoms in total. The van der Waals surface area contributed by atoms with Gasteiger partial charge in [-0.2, -0.15) is 4.31 Å². The number of piperidine rings is 1. The minimum atomic E-state index is -3.65. The molecule has 11 heteroatoms. The largest absolute Gasteiger partial charge is 0.465 e. The second kappa shape index (κ2) is 10.3. The van der Waals surface area contributed by atoms with Gasteiger partial charge in [0.25, 0.3) is 5.91 Å². The molecule has 0 aliphatic carbocycles. The van der Waals surface area contributed by atoms with Gasteiger partial charge in [0, 0.05) is 37.0 Å². The maximum atomic E-state index is 13.1. The monoisotopic (exact) mass is 533 g/mol. The fourth-order valence-corrected chi connectivity index (χ4v) is 7.91. The van der Waals surface area contributed by atoms with Crippen molar-refractivity contribution in [3.8, 4) is 0 Å². The Morgan fingerprint density at radius 3 is 2.31 bits per heavy atom. The third kappa shape index (κ3) is 5.18. The molecule has 1 fully saturated rings. The third-order valence-corrected chi connectivity index (χ3v) is 9.69. The molecule has 0 unspecified atom stereocenters. The highest BCUT2D eigenvalue weighted by atomic mass is 32.2. The zero-order chi connectivity index (χ0) is 26.2. The molecule has 2 aromatic rings. The zero-order valence-electron chi connectivity index (χ0n) is 20.9. The first kappa shape index (κ1) is 26.3. The molecule has 1 saturated heterocycles. The fraction of sp³-hybridized carbons (Fsp3) is 0.480. The Morgan fingerprint density at radius 2 is 1.72 bits per heavy atom. The lowest BCUT2D eigenvalue weighted by molar-refractivity contribution is -0.129. The summed E-state index contributed by atoms with van der Waals surface area (Å²) in [6, 6.07) is 5.84. The topological polar surface area (TPSA) is 113 Å². The van der Waals surface area contributed by atoms with Gasteiger partial charge in [0.2, 0.25) is 15.9 Å². The van der Waals surface area contributed by atoms with Crippen LogP contribution in [0.15, 0.2) is 29.2 Å². The van der Waals surface area contributed by atoms with Crippen LogP contribution in [0.25, 0.3) is 0 Å². The van der Waals surface area contributed by atoms with Crippen LogP contribution in [0.1, 0.15) is 58.3 Å². The van der Waals surface area contributed by atoms with Gasteiger partial charge in [-0.15, -0.1) is 11.3 Å². The molecule has 4 rings (SSSR count). The molecule has 0 radical (unpaired) electrons. The number of esters is 1. The molecular formula is C25H31N3O6S2. The first-order valence-electron chi connectivity index (χ1n) is 11.9. The Morgan fingerprint density at radius 1 is 1.08 bits per heavy atom. The number of nitrogens with zero attached hydrogens (tertiary/aromatic N) is 2. The molecule has 2 aliphatic rings. The van der Waals surface area contributed by atoms with Crippen molar-refractivity contribution >= 4 is 44.1 Å². The van der Waals surface area contributed by atoms with E-state index in [1.807, 2.05) is 13.8 Å². The van der Waals surface area contributed by atoms with Gasteiger partial charge in [0.1, 0.15) is 5.00 Å². The molecule has 36 heavy (non-hydrogen) atoms. The summed E-state index contributed by atoms with van der Waals surface area (Å²) < 4.78 is 32.7. The highest BCUT2D eigenvalue weighted by Crippen LogP contribution is 2.38. The standard InChI is InChI=1S/C25H31N3O6S2/c1-15-11-16(2)13-28(12-15)36(32,33)19-7-5-18(6-8-19)23(30)26-24-22(25(31)34-4)20-9-10-27(17(3)29)14-21(20)35-24/h5-8,15-16H,9-14H2,1-4H3,(H,26,30)/t15-,16-/m1/s1. The molecule has 194 valence electrons. The van der Waals surface area contributed by atoms with Gasteiger partial charge in [-0.05, 0) is 54.5 Å². The summed E-state index contributed by atoms with van der Waals surface area (Å²) in [5.74, 6) is -0.493. The number of methoxy groups -OCH3 is 1. The Kier molecular flexibility index (Phi) is 7.53. The predicted molar refractivity (Wildman–Crippen MR) is 137 cm³/mol. The smallest absolute Gasteiger partial charge is 0.341 e. The number of amides is 2. The van der Waals surface area contributed by atoms with Crippen LogP contribution in [0.2, 0.25) is 0 Å². The van der Waals surface area contributed by atoms with Crippen LogP contribution in [-0.4, -0.2) is 62.2 Å². The number of benzene rings is 1. The molecule has 0 saturated carbocycles. The van der Waals surface area contributed by atoms with Crippen LogP contribution in [0, 0.1) is 11.8 Å². The van der Waals surface area contributed by atoms with E-state index < -0.39 is 21.9 Å².